The molecule has 2 fully saturated rings. The normalized spacial score (nSPS) is 22.0. The molecule has 2 aromatic rings. The van der Waals surface area contributed by atoms with Gasteiger partial charge < -0.3 is 21.1 Å². The number of β-amino-alcohol motifs (C(OH)–C–C–N with tert-alkyl or cyclic N) is 1. The fraction of sp³-hybridized carbons (Fsp3) is 0.542. The lowest BCUT2D eigenvalue weighted by Gasteiger charge is -2.44. The highest BCUT2D eigenvalue weighted by Crippen LogP contribution is 2.37. The summed E-state index contributed by atoms with van der Waals surface area (Å²) in [4.78, 5) is 41.5. The number of hydrogen-bond acceptors (Lipinski definition) is 6. The lowest BCUT2D eigenvalue weighted by molar-refractivity contribution is -0.147. The molecule has 1 aromatic heterocycles. The molecule has 2 aliphatic rings. The van der Waals surface area contributed by atoms with Crippen molar-refractivity contribution in [3.8, 4) is 0 Å². The summed E-state index contributed by atoms with van der Waals surface area (Å²) in [5.41, 5.74) is 4.47. The van der Waals surface area contributed by atoms with Gasteiger partial charge in [0.15, 0.2) is 5.60 Å². The number of likely N-dealkylation sites (tertiary alicyclic amines) is 2. The molecule has 34 heavy (non-hydrogen) atoms. The van der Waals surface area contributed by atoms with Crippen LogP contribution in [0.3, 0.4) is 0 Å². The number of nitrogens with zero attached hydrogens (tertiary/aromatic N) is 2. The van der Waals surface area contributed by atoms with Gasteiger partial charge in [0.2, 0.25) is 0 Å². The number of nitrogens with one attached hydrogen (secondary N) is 2. The van der Waals surface area contributed by atoms with E-state index in [1.54, 1.807) is 0 Å². The van der Waals surface area contributed by atoms with E-state index in [1.807, 2.05) is 36.1 Å². The van der Waals surface area contributed by atoms with Crippen LogP contribution in [0.1, 0.15) is 49.4 Å². The Morgan fingerprint density at radius 3 is 2.65 bits per heavy atom. The SMILES string of the molecule is CCCNC(=O)C1(O)CCCN(C2CCN(C(=O)c3c(NC(N)=O)sc4ccccc34)CC2)C1. The molecular weight excluding hydrogens is 454 g/mol. The number of thiophene rings is 1. The number of carbonyl (C=O) groups excluding carboxylic acids is 3. The van der Waals surface area contributed by atoms with Crippen LogP contribution in [0.25, 0.3) is 10.1 Å². The molecule has 2 aliphatic heterocycles. The fourth-order valence-electron chi connectivity index (χ4n) is 5.02. The van der Waals surface area contributed by atoms with Crippen LogP contribution in [-0.4, -0.2) is 77.1 Å². The predicted octanol–water partition coefficient (Wildman–Crippen LogP) is 2.35. The first-order valence-electron chi connectivity index (χ1n) is 11.9. The molecule has 5 N–H and O–H groups in total. The first-order valence-corrected chi connectivity index (χ1v) is 12.8. The molecule has 0 saturated carbocycles. The number of amides is 4. The Labute approximate surface area is 203 Å². The number of urea groups is 1. The van der Waals surface area contributed by atoms with Crippen molar-refractivity contribution in [1.29, 1.82) is 0 Å². The van der Waals surface area contributed by atoms with E-state index in [0.717, 1.165) is 42.3 Å². The van der Waals surface area contributed by atoms with Gasteiger partial charge in [-0.1, -0.05) is 25.1 Å². The zero-order chi connectivity index (χ0) is 24.3. The molecule has 9 nitrogen and oxygen atoms in total. The van der Waals surface area contributed by atoms with E-state index in [4.69, 9.17) is 5.73 Å². The van der Waals surface area contributed by atoms with Crippen LogP contribution >= 0.6 is 11.3 Å². The van der Waals surface area contributed by atoms with Gasteiger partial charge in [0.1, 0.15) is 5.00 Å². The number of carbonyl (C=O) groups is 3. The number of hydrogen-bond donors (Lipinski definition) is 4. The van der Waals surface area contributed by atoms with E-state index < -0.39 is 11.6 Å². The minimum absolute atomic E-state index is 0.117. The van der Waals surface area contributed by atoms with Gasteiger partial charge >= 0.3 is 6.03 Å². The minimum atomic E-state index is -1.36. The summed E-state index contributed by atoms with van der Waals surface area (Å²) < 4.78 is 0.915. The molecule has 0 radical (unpaired) electrons. The van der Waals surface area contributed by atoms with Gasteiger partial charge in [-0.2, -0.15) is 0 Å². The summed E-state index contributed by atoms with van der Waals surface area (Å²) in [7, 11) is 0. The third-order valence-electron chi connectivity index (χ3n) is 6.77. The number of nitrogens with two attached hydrogens (primary N) is 1. The Bertz CT molecular complexity index is 1060. The summed E-state index contributed by atoms with van der Waals surface area (Å²) in [6.07, 6.45) is 3.59. The number of primary amides is 1. The van der Waals surface area contributed by atoms with Crippen molar-refractivity contribution in [3.05, 3.63) is 29.8 Å². The molecule has 0 spiro atoms. The molecule has 3 heterocycles. The van der Waals surface area contributed by atoms with E-state index in [1.165, 1.54) is 11.3 Å². The van der Waals surface area contributed by atoms with Gasteiger partial charge in [0.05, 0.1) is 5.56 Å². The number of piperidine rings is 2. The Morgan fingerprint density at radius 2 is 1.94 bits per heavy atom. The van der Waals surface area contributed by atoms with Gasteiger partial charge in [-0.05, 0) is 44.7 Å². The highest BCUT2D eigenvalue weighted by Gasteiger charge is 2.42. The summed E-state index contributed by atoms with van der Waals surface area (Å²) in [6.45, 7) is 4.85. The number of benzene rings is 1. The van der Waals surface area contributed by atoms with Crippen LogP contribution in [0.5, 0.6) is 0 Å². The maximum absolute atomic E-state index is 13.5. The number of fused-ring (bicyclic) bond motifs is 1. The average molecular weight is 488 g/mol. The van der Waals surface area contributed by atoms with Gasteiger partial charge in [-0.15, -0.1) is 11.3 Å². The van der Waals surface area contributed by atoms with Crippen molar-refractivity contribution < 1.29 is 19.5 Å². The third kappa shape index (κ3) is 5.03. The van der Waals surface area contributed by atoms with E-state index in [9.17, 15) is 19.5 Å². The molecule has 1 atom stereocenters. The topological polar surface area (TPSA) is 128 Å². The second-order valence-corrected chi connectivity index (χ2v) is 10.2. The lowest BCUT2D eigenvalue weighted by atomic mass is 9.89. The van der Waals surface area contributed by atoms with Gasteiger partial charge in [-0.25, -0.2) is 4.79 Å². The first kappa shape index (κ1) is 24.4. The lowest BCUT2D eigenvalue weighted by Crippen LogP contribution is -2.60. The van der Waals surface area contributed by atoms with E-state index in [-0.39, 0.29) is 17.9 Å². The molecule has 0 bridgehead atoms. The Balaban J connectivity index is 1.43. The largest absolute Gasteiger partial charge is 0.379 e. The van der Waals surface area contributed by atoms with Gasteiger partial charge in [0.25, 0.3) is 11.8 Å². The zero-order valence-electron chi connectivity index (χ0n) is 19.5. The van der Waals surface area contributed by atoms with Crippen LogP contribution in [0.2, 0.25) is 0 Å². The standard InChI is InChI=1S/C24H33N5O4S/c1-2-11-26-22(31)24(33)10-5-12-29(15-24)16-8-13-28(14-9-16)21(30)19-17-6-3-4-7-18(17)34-20(19)27-23(25)32/h3-4,6-7,16,33H,2,5,8-15H2,1H3,(H,26,31)(H3,25,27,32). The van der Waals surface area contributed by atoms with Gasteiger partial charge in [0, 0.05) is 42.3 Å². The molecule has 0 aliphatic carbocycles. The van der Waals surface area contributed by atoms with Crippen molar-refractivity contribution in [3.63, 3.8) is 0 Å². The van der Waals surface area contributed by atoms with Crippen LogP contribution < -0.4 is 16.4 Å². The Kier molecular flexibility index (Phi) is 7.39. The molecule has 1 aromatic carbocycles. The monoisotopic (exact) mass is 487 g/mol. The summed E-state index contributed by atoms with van der Waals surface area (Å²) >= 11 is 1.34. The molecule has 1 unspecified atom stereocenters. The zero-order valence-corrected chi connectivity index (χ0v) is 20.3. The Morgan fingerprint density at radius 1 is 1.21 bits per heavy atom. The van der Waals surface area contributed by atoms with E-state index in [2.05, 4.69) is 15.5 Å². The van der Waals surface area contributed by atoms with Crippen LogP contribution in [0.15, 0.2) is 24.3 Å². The Hall–Kier alpha value is -2.69. The molecule has 2 saturated heterocycles. The number of anilines is 1. The quantitative estimate of drug-likeness (QED) is 0.497. The number of rotatable bonds is 6. The smallest absolute Gasteiger partial charge is 0.317 e. The van der Waals surface area contributed by atoms with Crippen LogP contribution in [0, 0.1) is 0 Å². The van der Waals surface area contributed by atoms with E-state index in [0.29, 0.717) is 43.2 Å². The molecular formula is C24H33N5O4S. The van der Waals surface area contributed by atoms with Crippen molar-refractivity contribution in [1.82, 2.24) is 15.1 Å². The first-order chi connectivity index (χ1) is 16.3. The van der Waals surface area contributed by atoms with Crippen molar-refractivity contribution >= 4 is 44.3 Å². The second kappa shape index (κ2) is 10.3. The van der Waals surface area contributed by atoms with Crippen LogP contribution in [-0.2, 0) is 4.79 Å². The third-order valence-corrected chi connectivity index (χ3v) is 7.86. The number of aliphatic hydroxyl groups is 1. The maximum Gasteiger partial charge on any atom is 0.317 e. The molecule has 4 amide bonds. The fourth-order valence-corrected chi connectivity index (χ4v) is 6.12. The summed E-state index contributed by atoms with van der Waals surface area (Å²) in [5.74, 6) is -0.403. The highest BCUT2D eigenvalue weighted by atomic mass is 32.1. The molecule has 184 valence electrons. The second-order valence-electron chi connectivity index (χ2n) is 9.18. The van der Waals surface area contributed by atoms with Crippen molar-refractivity contribution in [2.24, 2.45) is 5.73 Å². The highest BCUT2D eigenvalue weighted by molar-refractivity contribution is 7.23. The average Bonchev–Trinajstić information content (AvgIpc) is 3.19. The van der Waals surface area contributed by atoms with Crippen molar-refractivity contribution in [2.75, 3.05) is 38.0 Å². The van der Waals surface area contributed by atoms with Gasteiger partial charge in [-0.3, -0.25) is 19.8 Å². The van der Waals surface area contributed by atoms with E-state index >= 15 is 0 Å². The molecule has 10 heteroatoms. The predicted molar refractivity (Wildman–Crippen MR) is 133 cm³/mol. The maximum atomic E-state index is 13.5. The van der Waals surface area contributed by atoms with Crippen molar-refractivity contribution in [2.45, 2.75) is 50.7 Å². The molecule has 4 rings (SSSR count). The summed E-state index contributed by atoms with van der Waals surface area (Å²) in [5, 5.41) is 17.7. The summed E-state index contributed by atoms with van der Waals surface area (Å²) in [6, 6.07) is 7.09. The van der Waals surface area contributed by atoms with Crippen LogP contribution in [0.4, 0.5) is 9.80 Å². The minimum Gasteiger partial charge on any atom is -0.379 e.